The number of benzene rings is 1. The minimum atomic E-state index is -0.629. The quantitative estimate of drug-likeness (QED) is 0.637. The van der Waals surface area contributed by atoms with Gasteiger partial charge in [-0.1, -0.05) is 30.8 Å². The van der Waals surface area contributed by atoms with Crippen LogP contribution >= 0.6 is 0 Å². The van der Waals surface area contributed by atoms with Gasteiger partial charge in [0.1, 0.15) is 5.76 Å². The van der Waals surface area contributed by atoms with Crippen LogP contribution in [0, 0.1) is 0 Å². The van der Waals surface area contributed by atoms with Crippen molar-refractivity contribution >= 4 is 11.7 Å². The molecule has 1 atom stereocenters. The molecule has 1 aromatic rings. The Morgan fingerprint density at radius 1 is 1.50 bits per heavy atom. The molecule has 3 heteroatoms. The summed E-state index contributed by atoms with van der Waals surface area (Å²) in [6, 6.07) is 7.52. The summed E-state index contributed by atoms with van der Waals surface area (Å²) in [6.07, 6.45) is -0.629. The molecule has 0 radical (unpaired) electrons. The average molecular weight is 190 g/mol. The van der Waals surface area contributed by atoms with Gasteiger partial charge in [0.05, 0.1) is 0 Å². The minimum Gasteiger partial charge on any atom is -0.450 e. The number of carbonyl (C=O) groups excluding carboxylic acids is 1. The molecule has 0 bridgehead atoms. The lowest BCUT2D eigenvalue weighted by Gasteiger charge is -2.10. The van der Waals surface area contributed by atoms with Gasteiger partial charge in [-0.05, 0) is 0 Å². The summed E-state index contributed by atoms with van der Waals surface area (Å²) >= 11 is 0. The highest BCUT2D eigenvalue weighted by Crippen LogP contribution is 2.37. The summed E-state index contributed by atoms with van der Waals surface area (Å²) in [5.41, 5.74) is 1.76. The molecule has 1 aliphatic rings. The lowest BCUT2D eigenvalue weighted by atomic mass is 10.1. The maximum atomic E-state index is 10.8. The van der Waals surface area contributed by atoms with Gasteiger partial charge in [0.2, 0.25) is 0 Å². The average Bonchev–Trinajstić information content (AvgIpc) is 2.44. The van der Waals surface area contributed by atoms with E-state index >= 15 is 0 Å². The number of esters is 1. The van der Waals surface area contributed by atoms with Gasteiger partial charge in [-0.2, -0.15) is 0 Å². The van der Waals surface area contributed by atoms with Crippen molar-refractivity contribution in [1.82, 2.24) is 0 Å². The molecule has 0 amide bonds. The van der Waals surface area contributed by atoms with Crippen molar-refractivity contribution in [3.8, 4) is 0 Å². The first-order valence-electron chi connectivity index (χ1n) is 4.30. The molecule has 1 aliphatic heterocycles. The molecule has 3 nitrogen and oxygen atoms in total. The molecule has 2 rings (SSSR count). The summed E-state index contributed by atoms with van der Waals surface area (Å²) in [4.78, 5) is 10.8. The van der Waals surface area contributed by atoms with Crippen molar-refractivity contribution in [2.24, 2.45) is 0 Å². The SMILES string of the molecule is C=C1OC(OC(C)=O)c2ccccc21. The Labute approximate surface area is 81.9 Å². The number of carbonyl (C=O) groups is 1. The van der Waals surface area contributed by atoms with Gasteiger partial charge < -0.3 is 9.47 Å². The number of hydrogen-bond acceptors (Lipinski definition) is 3. The predicted molar refractivity (Wildman–Crippen MR) is 51.1 cm³/mol. The summed E-state index contributed by atoms with van der Waals surface area (Å²) in [7, 11) is 0. The summed E-state index contributed by atoms with van der Waals surface area (Å²) in [6.45, 7) is 5.09. The van der Waals surface area contributed by atoms with E-state index in [9.17, 15) is 4.79 Å². The van der Waals surface area contributed by atoms with Gasteiger partial charge in [-0.25, -0.2) is 0 Å². The van der Waals surface area contributed by atoms with E-state index in [1.807, 2.05) is 24.3 Å². The van der Waals surface area contributed by atoms with Crippen LogP contribution in [0.1, 0.15) is 24.3 Å². The molecule has 72 valence electrons. The highest BCUT2D eigenvalue weighted by Gasteiger charge is 2.28. The van der Waals surface area contributed by atoms with Crippen LogP contribution in [0.25, 0.3) is 5.76 Å². The number of hydrogen-bond donors (Lipinski definition) is 0. The second-order valence-corrected chi connectivity index (χ2v) is 3.07. The lowest BCUT2D eigenvalue weighted by molar-refractivity contribution is -0.163. The van der Waals surface area contributed by atoms with E-state index in [1.165, 1.54) is 6.92 Å². The lowest BCUT2D eigenvalue weighted by Crippen LogP contribution is -2.06. The van der Waals surface area contributed by atoms with Crippen molar-refractivity contribution in [2.75, 3.05) is 0 Å². The fourth-order valence-electron chi connectivity index (χ4n) is 1.45. The molecule has 0 fully saturated rings. The van der Waals surface area contributed by atoms with E-state index in [4.69, 9.17) is 9.47 Å². The Morgan fingerprint density at radius 2 is 2.21 bits per heavy atom. The maximum Gasteiger partial charge on any atom is 0.305 e. The molecule has 0 saturated carbocycles. The molecule has 1 heterocycles. The fourth-order valence-corrected chi connectivity index (χ4v) is 1.45. The largest absolute Gasteiger partial charge is 0.450 e. The Kier molecular flexibility index (Phi) is 2.00. The first-order chi connectivity index (χ1) is 6.68. The van der Waals surface area contributed by atoms with Crippen LogP contribution in [0.3, 0.4) is 0 Å². The molecule has 0 N–H and O–H groups in total. The molecule has 0 aromatic heterocycles. The van der Waals surface area contributed by atoms with Crippen LogP contribution in [0.15, 0.2) is 30.8 Å². The van der Waals surface area contributed by atoms with Gasteiger partial charge in [-0.3, -0.25) is 4.79 Å². The Morgan fingerprint density at radius 3 is 2.93 bits per heavy atom. The highest BCUT2D eigenvalue weighted by molar-refractivity contribution is 5.69. The van der Waals surface area contributed by atoms with Crippen LogP contribution in [-0.2, 0) is 14.3 Å². The van der Waals surface area contributed by atoms with Crippen molar-refractivity contribution in [3.63, 3.8) is 0 Å². The number of ether oxygens (including phenoxy) is 2. The van der Waals surface area contributed by atoms with Gasteiger partial charge in [0, 0.05) is 18.1 Å². The number of fused-ring (bicyclic) bond motifs is 1. The van der Waals surface area contributed by atoms with Crippen molar-refractivity contribution < 1.29 is 14.3 Å². The summed E-state index contributed by atoms with van der Waals surface area (Å²) in [5.74, 6) is 0.186. The Bertz CT molecular complexity index is 393. The topological polar surface area (TPSA) is 35.5 Å². The zero-order chi connectivity index (χ0) is 10.1. The van der Waals surface area contributed by atoms with Crippen LogP contribution < -0.4 is 0 Å². The molecule has 0 aliphatic carbocycles. The zero-order valence-corrected chi connectivity index (χ0v) is 7.82. The second kappa shape index (κ2) is 3.18. The van der Waals surface area contributed by atoms with Crippen molar-refractivity contribution in [3.05, 3.63) is 42.0 Å². The third-order valence-corrected chi connectivity index (χ3v) is 2.04. The molecule has 14 heavy (non-hydrogen) atoms. The van der Waals surface area contributed by atoms with E-state index in [2.05, 4.69) is 6.58 Å². The van der Waals surface area contributed by atoms with Gasteiger partial charge in [0.15, 0.2) is 0 Å². The second-order valence-electron chi connectivity index (χ2n) is 3.07. The van der Waals surface area contributed by atoms with Gasteiger partial charge in [0.25, 0.3) is 6.29 Å². The van der Waals surface area contributed by atoms with E-state index in [0.717, 1.165) is 11.1 Å². The smallest absolute Gasteiger partial charge is 0.305 e. The van der Waals surface area contributed by atoms with E-state index < -0.39 is 6.29 Å². The Hall–Kier alpha value is -1.77. The van der Waals surface area contributed by atoms with Crippen LogP contribution in [-0.4, -0.2) is 5.97 Å². The monoisotopic (exact) mass is 190 g/mol. The summed E-state index contributed by atoms with van der Waals surface area (Å²) in [5, 5.41) is 0. The van der Waals surface area contributed by atoms with Crippen molar-refractivity contribution in [2.45, 2.75) is 13.2 Å². The molecule has 1 aromatic carbocycles. The summed E-state index contributed by atoms with van der Waals surface area (Å²) < 4.78 is 10.3. The highest BCUT2D eigenvalue weighted by atomic mass is 16.7. The van der Waals surface area contributed by atoms with Crippen LogP contribution in [0.2, 0.25) is 0 Å². The molecular formula is C11H10O3. The van der Waals surface area contributed by atoms with Gasteiger partial charge >= 0.3 is 5.97 Å². The predicted octanol–water partition coefficient (Wildman–Crippen LogP) is 2.25. The number of rotatable bonds is 1. The third-order valence-electron chi connectivity index (χ3n) is 2.04. The fraction of sp³-hybridized carbons (Fsp3) is 0.182. The molecule has 0 spiro atoms. The minimum absolute atomic E-state index is 0.362. The third kappa shape index (κ3) is 1.37. The first kappa shape index (κ1) is 8.81. The first-order valence-corrected chi connectivity index (χ1v) is 4.30. The Balaban J connectivity index is 2.34. The molecule has 1 unspecified atom stereocenters. The standard InChI is InChI=1S/C11H10O3/c1-7-9-5-3-4-6-10(9)11(13-7)14-8(2)12/h3-6,11H,1H2,2H3. The molecule has 0 saturated heterocycles. The van der Waals surface area contributed by atoms with E-state index in [-0.39, 0.29) is 5.97 Å². The van der Waals surface area contributed by atoms with Crippen LogP contribution in [0.5, 0.6) is 0 Å². The van der Waals surface area contributed by atoms with E-state index in [0.29, 0.717) is 5.76 Å². The van der Waals surface area contributed by atoms with Crippen molar-refractivity contribution in [1.29, 1.82) is 0 Å². The molecular weight excluding hydrogens is 180 g/mol. The maximum absolute atomic E-state index is 10.8. The normalized spacial score (nSPS) is 18.6. The van der Waals surface area contributed by atoms with Gasteiger partial charge in [-0.15, -0.1) is 0 Å². The zero-order valence-electron chi connectivity index (χ0n) is 7.82. The van der Waals surface area contributed by atoms with Crippen LogP contribution in [0.4, 0.5) is 0 Å². The van der Waals surface area contributed by atoms with E-state index in [1.54, 1.807) is 0 Å².